The molecule has 0 saturated carbocycles. The molecule has 238 valence electrons. The van der Waals surface area contributed by atoms with Crippen molar-refractivity contribution in [3.05, 3.63) is 94.2 Å². The second-order valence-corrected chi connectivity index (χ2v) is 11.7. The number of carbonyl (C=O) groups excluding carboxylic acids is 3. The summed E-state index contributed by atoms with van der Waals surface area (Å²) >= 11 is 0. The third kappa shape index (κ3) is 8.29. The number of halogens is 2. The molecule has 1 atom stereocenters. The minimum atomic E-state index is -0.730. The highest BCUT2D eigenvalue weighted by atomic mass is 19.1. The molecule has 4 rings (SSSR count). The zero-order chi connectivity index (χ0) is 32.9. The van der Waals surface area contributed by atoms with E-state index in [9.17, 15) is 23.2 Å². The fourth-order valence-corrected chi connectivity index (χ4v) is 4.98. The van der Waals surface area contributed by atoms with E-state index in [1.54, 1.807) is 70.3 Å². The molecule has 0 saturated heterocycles. The largest absolute Gasteiger partial charge is 0.485 e. The summed E-state index contributed by atoms with van der Waals surface area (Å²) in [5, 5.41) is 0. The first kappa shape index (κ1) is 33.2. The van der Waals surface area contributed by atoms with Gasteiger partial charge in [-0.3, -0.25) is 14.0 Å². The van der Waals surface area contributed by atoms with Crippen LogP contribution in [0.3, 0.4) is 0 Å². The Balaban J connectivity index is 1.66. The number of esters is 2. The number of pyridine rings is 2. The summed E-state index contributed by atoms with van der Waals surface area (Å²) in [6, 6.07) is 10.2. The van der Waals surface area contributed by atoms with Crippen LogP contribution >= 0.6 is 0 Å². The smallest absolute Gasteiger partial charge is 0.356 e. The van der Waals surface area contributed by atoms with Crippen LogP contribution in [0.5, 0.6) is 5.75 Å². The van der Waals surface area contributed by atoms with Crippen molar-refractivity contribution >= 4 is 23.4 Å². The number of aromatic nitrogens is 3. The van der Waals surface area contributed by atoms with Crippen LogP contribution in [-0.2, 0) is 20.9 Å². The number of rotatable bonds is 12. The second kappa shape index (κ2) is 14.0. The molecule has 45 heavy (non-hydrogen) atoms. The van der Waals surface area contributed by atoms with E-state index in [-0.39, 0.29) is 55.3 Å². The molecule has 0 spiro atoms. The van der Waals surface area contributed by atoms with Gasteiger partial charge in [-0.05, 0) is 83.9 Å². The summed E-state index contributed by atoms with van der Waals surface area (Å²) < 4.78 is 46.5. The van der Waals surface area contributed by atoms with E-state index < -0.39 is 35.1 Å². The molecule has 0 aliphatic rings. The fraction of sp³-hybridized carbons (Fsp3) is 0.382. The molecule has 0 fully saturated rings. The van der Waals surface area contributed by atoms with Crippen molar-refractivity contribution in [2.75, 3.05) is 6.61 Å². The van der Waals surface area contributed by atoms with E-state index in [0.717, 1.165) is 17.7 Å². The van der Waals surface area contributed by atoms with Crippen molar-refractivity contribution in [3.63, 3.8) is 0 Å². The molecule has 1 aromatic carbocycles. The van der Waals surface area contributed by atoms with E-state index in [4.69, 9.17) is 14.2 Å². The van der Waals surface area contributed by atoms with Crippen molar-refractivity contribution < 1.29 is 37.4 Å². The lowest BCUT2D eigenvalue weighted by Gasteiger charge is -2.21. The van der Waals surface area contributed by atoms with Gasteiger partial charge in [-0.15, -0.1) is 0 Å². The first-order valence-electron chi connectivity index (χ1n) is 14.7. The average molecular weight is 622 g/mol. The van der Waals surface area contributed by atoms with Crippen molar-refractivity contribution in [3.8, 4) is 5.75 Å². The summed E-state index contributed by atoms with van der Waals surface area (Å²) in [7, 11) is 0. The predicted molar refractivity (Wildman–Crippen MR) is 162 cm³/mol. The molecular formula is C34H37F2N3O6. The van der Waals surface area contributed by atoms with Crippen molar-refractivity contribution in [1.82, 2.24) is 14.4 Å². The normalized spacial score (nSPS) is 12.2. The third-order valence-electron chi connectivity index (χ3n) is 6.92. The standard InChI is InChI=1S/C34H37F2N3O6/c1-7-43-33(42)27-13-9-12-26(38-27)22(14-15-30(41)45-34(4,5)6)17-28(40)31-21(3)37-32-29(16-20(2)18-39(31)32)44-19-23-24(35)10-8-11-25(23)36/h8-13,16,18,22H,7,14-15,17,19H2,1-6H3. The lowest BCUT2D eigenvalue weighted by Crippen LogP contribution is -2.24. The van der Waals surface area contributed by atoms with Gasteiger partial charge in [0.2, 0.25) is 0 Å². The lowest BCUT2D eigenvalue weighted by atomic mass is 9.91. The maximum absolute atomic E-state index is 14.2. The van der Waals surface area contributed by atoms with Crippen LogP contribution in [0.25, 0.3) is 5.65 Å². The number of imidazole rings is 1. The minimum absolute atomic E-state index is 0.0242. The van der Waals surface area contributed by atoms with Crippen LogP contribution in [0.4, 0.5) is 8.78 Å². The Morgan fingerprint density at radius 2 is 1.69 bits per heavy atom. The molecular weight excluding hydrogens is 584 g/mol. The Labute approximate surface area is 260 Å². The van der Waals surface area contributed by atoms with Gasteiger partial charge in [-0.25, -0.2) is 23.5 Å². The summed E-state index contributed by atoms with van der Waals surface area (Å²) in [5.41, 5.74) is 1.41. The Hall–Kier alpha value is -4.67. The molecule has 0 amide bonds. The first-order valence-corrected chi connectivity index (χ1v) is 14.7. The molecule has 0 radical (unpaired) electrons. The van der Waals surface area contributed by atoms with Gasteiger partial charge in [0.1, 0.15) is 35.2 Å². The SMILES string of the molecule is CCOC(=O)c1cccc(C(CCC(=O)OC(C)(C)C)CC(=O)c2c(C)nc3c(OCc4c(F)cccc4F)cc(C)cn23)n1. The monoisotopic (exact) mass is 621 g/mol. The van der Waals surface area contributed by atoms with Crippen LogP contribution in [-0.4, -0.2) is 44.3 Å². The Bertz CT molecular complexity index is 1710. The van der Waals surface area contributed by atoms with Crippen molar-refractivity contribution in [2.45, 2.75) is 78.9 Å². The summed E-state index contributed by atoms with van der Waals surface area (Å²) in [6.45, 7) is 10.3. The zero-order valence-electron chi connectivity index (χ0n) is 26.3. The summed E-state index contributed by atoms with van der Waals surface area (Å²) in [5.74, 6) is -3.05. The van der Waals surface area contributed by atoms with Crippen LogP contribution in [0, 0.1) is 25.5 Å². The van der Waals surface area contributed by atoms with Gasteiger partial charge in [0.15, 0.2) is 17.2 Å². The summed E-state index contributed by atoms with van der Waals surface area (Å²) in [4.78, 5) is 48.0. The molecule has 11 heteroatoms. The van der Waals surface area contributed by atoms with E-state index in [2.05, 4.69) is 9.97 Å². The zero-order valence-corrected chi connectivity index (χ0v) is 26.3. The Kier molecular flexibility index (Phi) is 10.3. The number of ether oxygens (including phenoxy) is 3. The van der Waals surface area contributed by atoms with Gasteiger partial charge in [0.25, 0.3) is 0 Å². The van der Waals surface area contributed by atoms with Gasteiger partial charge >= 0.3 is 11.9 Å². The first-order chi connectivity index (χ1) is 21.3. The molecule has 3 aromatic heterocycles. The topological polar surface area (TPSA) is 109 Å². The Morgan fingerprint density at radius 3 is 2.36 bits per heavy atom. The van der Waals surface area contributed by atoms with Crippen LogP contribution < -0.4 is 4.74 Å². The molecule has 0 bridgehead atoms. The van der Waals surface area contributed by atoms with Gasteiger partial charge < -0.3 is 14.2 Å². The number of hydrogen-bond donors (Lipinski definition) is 0. The number of Topliss-reactive ketones (excluding diaryl/α,β-unsaturated/α-hetero) is 1. The lowest BCUT2D eigenvalue weighted by molar-refractivity contribution is -0.155. The van der Waals surface area contributed by atoms with Crippen LogP contribution in [0.2, 0.25) is 0 Å². The second-order valence-electron chi connectivity index (χ2n) is 11.7. The fourth-order valence-electron chi connectivity index (χ4n) is 4.98. The van der Waals surface area contributed by atoms with E-state index in [1.807, 2.05) is 0 Å². The highest BCUT2D eigenvalue weighted by Crippen LogP contribution is 2.30. The van der Waals surface area contributed by atoms with Crippen LogP contribution in [0.15, 0.2) is 48.7 Å². The van der Waals surface area contributed by atoms with Crippen molar-refractivity contribution in [2.24, 2.45) is 0 Å². The highest BCUT2D eigenvalue weighted by Gasteiger charge is 2.27. The number of carbonyl (C=O) groups is 3. The van der Waals surface area contributed by atoms with Gasteiger partial charge in [-0.1, -0.05) is 12.1 Å². The number of nitrogens with zero attached hydrogens (tertiary/aromatic N) is 3. The molecule has 0 aliphatic heterocycles. The quantitative estimate of drug-likeness (QED) is 0.125. The number of fused-ring (bicyclic) bond motifs is 1. The van der Waals surface area contributed by atoms with E-state index in [1.165, 1.54) is 12.1 Å². The van der Waals surface area contributed by atoms with Crippen molar-refractivity contribution in [1.29, 1.82) is 0 Å². The molecule has 1 unspecified atom stereocenters. The molecule has 3 heterocycles. The summed E-state index contributed by atoms with van der Waals surface area (Å²) in [6.07, 6.45) is 1.93. The molecule has 0 aliphatic carbocycles. The van der Waals surface area contributed by atoms with E-state index >= 15 is 0 Å². The predicted octanol–water partition coefficient (Wildman–Crippen LogP) is 6.86. The maximum Gasteiger partial charge on any atom is 0.356 e. The highest BCUT2D eigenvalue weighted by molar-refractivity contribution is 5.97. The van der Waals surface area contributed by atoms with Gasteiger partial charge in [-0.2, -0.15) is 0 Å². The van der Waals surface area contributed by atoms with Gasteiger partial charge in [0, 0.05) is 30.7 Å². The minimum Gasteiger partial charge on any atom is -0.485 e. The van der Waals surface area contributed by atoms with Gasteiger partial charge in [0.05, 0.1) is 17.9 Å². The van der Waals surface area contributed by atoms with E-state index in [0.29, 0.717) is 22.7 Å². The number of ketones is 1. The average Bonchev–Trinajstić information content (AvgIpc) is 3.29. The third-order valence-corrected chi connectivity index (χ3v) is 6.92. The molecule has 4 aromatic rings. The Morgan fingerprint density at radius 1 is 1.00 bits per heavy atom. The van der Waals surface area contributed by atoms with Crippen LogP contribution in [0.1, 0.15) is 96.4 Å². The number of benzene rings is 1. The molecule has 9 nitrogen and oxygen atoms in total. The molecule has 0 N–H and O–H groups in total. The number of hydrogen-bond acceptors (Lipinski definition) is 8. The maximum atomic E-state index is 14.2. The number of aryl methyl sites for hydroxylation is 2.